The first-order valence-electron chi connectivity index (χ1n) is 4.87. The van der Waals surface area contributed by atoms with E-state index < -0.39 is 0 Å². The minimum Gasteiger partial charge on any atom is -0.353 e. The zero-order valence-corrected chi connectivity index (χ0v) is 7.84. The molecule has 1 aliphatic rings. The van der Waals surface area contributed by atoms with E-state index >= 15 is 0 Å². The summed E-state index contributed by atoms with van der Waals surface area (Å²) in [6, 6.07) is 0. The van der Waals surface area contributed by atoms with Crippen LogP contribution in [0.15, 0.2) is 0 Å². The summed E-state index contributed by atoms with van der Waals surface area (Å²) in [4.78, 5) is 0. The maximum absolute atomic E-state index is 5.41. The Hall–Kier alpha value is -0.120. The lowest BCUT2D eigenvalue weighted by Crippen LogP contribution is -2.26. The maximum atomic E-state index is 5.41. The second-order valence-electron chi connectivity index (χ2n) is 3.02. The van der Waals surface area contributed by atoms with Crippen molar-refractivity contribution < 1.29 is 9.47 Å². The quantitative estimate of drug-likeness (QED) is 0.632. The molecule has 1 N–H and O–H groups in total. The Morgan fingerprint density at radius 3 is 2.75 bits per heavy atom. The number of hydrogen-bond acceptors (Lipinski definition) is 3. The van der Waals surface area contributed by atoms with Crippen LogP contribution in [0.25, 0.3) is 0 Å². The first-order chi connectivity index (χ1) is 5.93. The average molecular weight is 173 g/mol. The SMILES string of the molecule is CCNCCCC1OCCCO1. The number of rotatable bonds is 5. The van der Waals surface area contributed by atoms with E-state index in [-0.39, 0.29) is 6.29 Å². The Morgan fingerprint density at radius 2 is 2.08 bits per heavy atom. The van der Waals surface area contributed by atoms with Crippen LogP contribution in [0.2, 0.25) is 0 Å². The lowest BCUT2D eigenvalue weighted by molar-refractivity contribution is -0.181. The van der Waals surface area contributed by atoms with Crippen molar-refractivity contribution in [3.05, 3.63) is 0 Å². The lowest BCUT2D eigenvalue weighted by atomic mass is 10.3. The van der Waals surface area contributed by atoms with E-state index in [0.717, 1.165) is 45.6 Å². The molecule has 72 valence electrons. The van der Waals surface area contributed by atoms with E-state index in [1.807, 2.05) is 0 Å². The summed E-state index contributed by atoms with van der Waals surface area (Å²) in [5, 5.41) is 3.28. The van der Waals surface area contributed by atoms with E-state index in [9.17, 15) is 0 Å². The smallest absolute Gasteiger partial charge is 0.157 e. The van der Waals surface area contributed by atoms with Crippen LogP contribution in [0.1, 0.15) is 26.2 Å². The third-order valence-electron chi connectivity index (χ3n) is 1.94. The highest BCUT2D eigenvalue weighted by atomic mass is 16.7. The predicted octanol–water partition coefficient (Wildman–Crippen LogP) is 1.14. The van der Waals surface area contributed by atoms with Gasteiger partial charge in [0.25, 0.3) is 0 Å². The molecule has 0 unspecified atom stereocenters. The van der Waals surface area contributed by atoms with Gasteiger partial charge in [0.1, 0.15) is 0 Å². The average Bonchev–Trinajstić information content (AvgIpc) is 2.14. The minimum atomic E-state index is 0.0670. The fraction of sp³-hybridized carbons (Fsp3) is 1.00. The van der Waals surface area contributed by atoms with Crippen molar-refractivity contribution in [2.45, 2.75) is 32.5 Å². The molecule has 12 heavy (non-hydrogen) atoms. The van der Waals surface area contributed by atoms with Crippen molar-refractivity contribution >= 4 is 0 Å². The fourth-order valence-corrected chi connectivity index (χ4v) is 1.27. The van der Waals surface area contributed by atoms with Crippen LogP contribution in [0, 0.1) is 0 Å². The molecule has 0 amide bonds. The second-order valence-corrected chi connectivity index (χ2v) is 3.02. The highest BCUT2D eigenvalue weighted by molar-refractivity contribution is 4.53. The van der Waals surface area contributed by atoms with Gasteiger partial charge in [0.2, 0.25) is 0 Å². The van der Waals surface area contributed by atoms with Crippen LogP contribution in [-0.2, 0) is 9.47 Å². The van der Waals surface area contributed by atoms with Crippen LogP contribution in [0.4, 0.5) is 0 Å². The summed E-state index contributed by atoms with van der Waals surface area (Å²) in [6.45, 7) is 5.97. The van der Waals surface area contributed by atoms with Gasteiger partial charge in [0.05, 0.1) is 13.2 Å². The van der Waals surface area contributed by atoms with Gasteiger partial charge in [-0.15, -0.1) is 0 Å². The Kier molecular flexibility index (Phi) is 5.32. The van der Waals surface area contributed by atoms with Crippen LogP contribution in [0.3, 0.4) is 0 Å². The van der Waals surface area contributed by atoms with Crippen molar-refractivity contribution in [2.24, 2.45) is 0 Å². The molecular weight excluding hydrogens is 154 g/mol. The topological polar surface area (TPSA) is 30.5 Å². The molecule has 0 aromatic rings. The van der Waals surface area contributed by atoms with Gasteiger partial charge in [-0.3, -0.25) is 0 Å². The molecule has 0 aromatic heterocycles. The Balaban J connectivity index is 1.91. The molecule has 0 bridgehead atoms. The summed E-state index contributed by atoms with van der Waals surface area (Å²) >= 11 is 0. The molecule has 1 rings (SSSR count). The van der Waals surface area contributed by atoms with Gasteiger partial charge in [-0.25, -0.2) is 0 Å². The summed E-state index contributed by atoms with van der Waals surface area (Å²) < 4.78 is 10.8. The van der Waals surface area contributed by atoms with Gasteiger partial charge < -0.3 is 14.8 Å². The second kappa shape index (κ2) is 6.40. The Labute approximate surface area is 74.4 Å². The van der Waals surface area contributed by atoms with E-state index in [1.165, 1.54) is 0 Å². The fourth-order valence-electron chi connectivity index (χ4n) is 1.27. The zero-order chi connectivity index (χ0) is 8.65. The molecule has 1 heterocycles. The van der Waals surface area contributed by atoms with Gasteiger partial charge in [-0.1, -0.05) is 6.92 Å². The first kappa shape index (κ1) is 9.96. The van der Waals surface area contributed by atoms with Crippen molar-refractivity contribution in [2.75, 3.05) is 26.3 Å². The third kappa shape index (κ3) is 4.04. The third-order valence-corrected chi connectivity index (χ3v) is 1.94. The first-order valence-corrected chi connectivity index (χ1v) is 4.87. The number of ether oxygens (including phenoxy) is 2. The largest absolute Gasteiger partial charge is 0.353 e. The highest BCUT2D eigenvalue weighted by Gasteiger charge is 2.12. The monoisotopic (exact) mass is 173 g/mol. The lowest BCUT2D eigenvalue weighted by Gasteiger charge is -2.22. The Bertz CT molecular complexity index is 103. The normalized spacial score (nSPS) is 19.8. The molecule has 0 aromatic carbocycles. The molecule has 0 atom stereocenters. The zero-order valence-electron chi connectivity index (χ0n) is 7.84. The molecule has 3 nitrogen and oxygen atoms in total. The van der Waals surface area contributed by atoms with E-state index in [4.69, 9.17) is 9.47 Å². The molecule has 3 heteroatoms. The van der Waals surface area contributed by atoms with Gasteiger partial charge in [-0.05, 0) is 32.4 Å². The molecule has 0 saturated carbocycles. The molecule has 0 spiro atoms. The summed E-state index contributed by atoms with van der Waals surface area (Å²) in [7, 11) is 0. The van der Waals surface area contributed by atoms with Gasteiger partial charge in [0.15, 0.2) is 6.29 Å². The minimum absolute atomic E-state index is 0.0670. The molecular formula is C9H19NO2. The molecule has 1 fully saturated rings. The molecule has 0 aliphatic carbocycles. The molecule has 1 aliphatic heterocycles. The summed E-state index contributed by atoms with van der Waals surface area (Å²) in [5.41, 5.74) is 0. The standard InChI is InChI=1S/C9H19NO2/c1-2-10-6-3-5-9-11-7-4-8-12-9/h9-10H,2-8H2,1H3. The van der Waals surface area contributed by atoms with E-state index in [0.29, 0.717) is 0 Å². The highest BCUT2D eigenvalue weighted by Crippen LogP contribution is 2.09. The molecule has 0 radical (unpaired) electrons. The van der Waals surface area contributed by atoms with E-state index in [1.54, 1.807) is 0 Å². The van der Waals surface area contributed by atoms with Crippen molar-refractivity contribution in [3.8, 4) is 0 Å². The van der Waals surface area contributed by atoms with Crippen molar-refractivity contribution in [1.29, 1.82) is 0 Å². The Morgan fingerprint density at radius 1 is 1.33 bits per heavy atom. The van der Waals surface area contributed by atoms with Crippen molar-refractivity contribution in [1.82, 2.24) is 5.32 Å². The number of hydrogen-bond donors (Lipinski definition) is 1. The summed E-state index contributed by atoms with van der Waals surface area (Å²) in [5.74, 6) is 0. The van der Waals surface area contributed by atoms with Crippen molar-refractivity contribution in [3.63, 3.8) is 0 Å². The maximum Gasteiger partial charge on any atom is 0.157 e. The van der Waals surface area contributed by atoms with E-state index in [2.05, 4.69) is 12.2 Å². The molecule has 1 saturated heterocycles. The van der Waals surface area contributed by atoms with Crippen LogP contribution < -0.4 is 5.32 Å². The van der Waals surface area contributed by atoms with Gasteiger partial charge in [0, 0.05) is 0 Å². The van der Waals surface area contributed by atoms with Crippen LogP contribution in [-0.4, -0.2) is 32.6 Å². The van der Waals surface area contributed by atoms with Gasteiger partial charge in [-0.2, -0.15) is 0 Å². The van der Waals surface area contributed by atoms with Gasteiger partial charge >= 0.3 is 0 Å². The summed E-state index contributed by atoms with van der Waals surface area (Å²) in [6.07, 6.45) is 3.27. The van der Waals surface area contributed by atoms with Crippen LogP contribution in [0.5, 0.6) is 0 Å². The number of nitrogens with one attached hydrogen (secondary N) is 1. The predicted molar refractivity (Wildman–Crippen MR) is 48.1 cm³/mol. The van der Waals surface area contributed by atoms with Crippen LogP contribution >= 0.6 is 0 Å².